The number of hydrogen-bond acceptors (Lipinski definition) is 2. The van der Waals surface area contributed by atoms with Crippen molar-refractivity contribution in [3.8, 4) is 0 Å². The van der Waals surface area contributed by atoms with Crippen LogP contribution in [0.3, 0.4) is 0 Å². The molecule has 0 bridgehead atoms. The molecule has 0 rings (SSSR count). The van der Waals surface area contributed by atoms with Gasteiger partial charge in [-0.05, 0) is 0 Å². The van der Waals surface area contributed by atoms with E-state index in [1.54, 1.807) is 0 Å². The molecule has 0 amide bonds. The molecule has 0 aromatic heterocycles. The van der Waals surface area contributed by atoms with Gasteiger partial charge in [0.2, 0.25) is 6.43 Å². The van der Waals surface area contributed by atoms with Crippen molar-refractivity contribution in [1.29, 1.82) is 5.41 Å². The van der Waals surface area contributed by atoms with Crippen LogP contribution in [0.2, 0.25) is 0 Å². The maximum atomic E-state index is 11.5. The van der Waals surface area contributed by atoms with Crippen molar-refractivity contribution in [3.05, 3.63) is 0 Å². The van der Waals surface area contributed by atoms with E-state index in [0.29, 0.717) is 11.8 Å². The van der Waals surface area contributed by atoms with Crippen LogP contribution in [0.5, 0.6) is 0 Å². The maximum Gasteiger partial charge on any atom is 0.248 e. The molecule has 0 unspecified atom stereocenters. The van der Waals surface area contributed by atoms with Crippen molar-refractivity contribution in [2.45, 2.75) is 6.43 Å². The van der Waals surface area contributed by atoms with Gasteiger partial charge in [-0.1, -0.05) is 11.8 Å². The molecule has 7 heteroatoms. The highest BCUT2D eigenvalue weighted by Gasteiger charge is 2.04. The maximum absolute atomic E-state index is 11.5. The molecule has 0 aromatic carbocycles. The molecule has 0 saturated carbocycles. The lowest BCUT2D eigenvalue weighted by Crippen LogP contribution is -2.23. The third-order valence-electron chi connectivity index (χ3n) is 0.577. The van der Waals surface area contributed by atoms with Crippen molar-refractivity contribution in [2.75, 3.05) is 5.75 Å². The predicted molar refractivity (Wildman–Crippen MR) is 42.0 cm³/mol. The van der Waals surface area contributed by atoms with Gasteiger partial charge >= 0.3 is 0 Å². The molecular formula is C4H8F2N4S. The zero-order chi connectivity index (χ0) is 8.85. The van der Waals surface area contributed by atoms with Crippen LogP contribution in [-0.2, 0) is 0 Å². The van der Waals surface area contributed by atoms with E-state index in [4.69, 9.17) is 16.9 Å². The van der Waals surface area contributed by atoms with Gasteiger partial charge in [-0.15, -0.1) is 0 Å². The highest BCUT2D eigenvalue weighted by molar-refractivity contribution is 8.13. The van der Waals surface area contributed by atoms with Crippen molar-refractivity contribution in [3.63, 3.8) is 0 Å². The molecule has 0 heterocycles. The summed E-state index contributed by atoms with van der Waals surface area (Å²) in [5.74, 6) is -0.757. The molecule has 0 aliphatic heterocycles. The normalized spacial score (nSPS) is 9.73. The Morgan fingerprint density at radius 1 is 1.55 bits per heavy atom. The second kappa shape index (κ2) is 4.89. The number of rotatable bonds is 2. The first-order valence-corrected chi connectivity index (χ1v) is 3.60. The average molecular weight is 182 g/mol. The summed E-state index contributed by atoms with van der Waals surface area (Å²) in [6.07, 6.45) is -2.45. The van der Waals surface area contributed by atoms with Crippen LogP contribution in [0.25, 0.3) is 0 Å². The highest BCUT2D eigenvalue weighted by Crippen LogP contribution is 2.08. The quantitative estimate of drug-likeness (QED) is 0.421. The third-order valence-corrected chi connectivity index (χ3v) is 1.36. The van der Waals surface area contributed by atoms with Crippen LogP contribution in [-0.4, -0.2) is 23.3 Å². The minimum absolute atomic E-state index is 0.295. The topological polar surface area (TPSA) is 88.2 Å². The third kappa shape index (κ3) is 7.04. The Labute approximate surface area is 66.5 Å². The fourth-order valence-corrected chi connectivity index (χ4v) is 0.745. The second-order valence-electron chi connectivity index (χ2n) is 1.54. The Balaban J connectivity index is 3.63. The molecule has 64 valence electrons. The van der Waals surface area contributed by atoms with Crippen LogP contribution in [0.1, 0.15) is 0 Å². The summed E-state index contributed by atoms with van der Waals surface area (Å²) < 4.78 is 23.0. The number of halogens is 2. The van der Waals surface area contributed by atoms with Crippen LogP contribution in [0.15, 0.2) is 4.99 Å². The van der Waals surface area contributed by atoms with Crippen LogP contribution in [0, 0.1) is 5.41 Å². The fourth-order valence-electron chi connectivity index (χ4n) is 0.291. The lowest BCUT2D eigenvalue weighted by atomic mass is 10.9. The predicted octanol–water partition coefficient (Wildman–Crippen LogP) is 0.193. The molecule has 0 radical (unpaired) electrons. The number of guanidine groups is 1. The van der Waals surface area contributed by atoms with E-state index in [1.165, 1.54) is 0 Å². The van der Waals surface area contributed by atoms with Gasteiger partial charge in [0, 0.05) is 0 Å². The summed E-state index contributed by atoms with van der Waals surface area (Å²) in [5, 5.41) is 6.59. The zero-order valence-corrected chi connectivity index (χ0v) is 6.37. The van der Waals surface area contributed by atoms with Crippen molar-refractivity contribution >= 4 is 22.9 Å². The van der Waals surface area contributed by atoms with Gasteiger partial charge in [0.25, 0.3) is 0 Å². The lowest BCUT2D eigenvalue weighted by Gasteiger charge is -1.96. The molecule has 0 fully saturated rings. The van der Waals surface area contributed by atoms with E-state index < -0.39 is 12.2 Å². The van der Waals surface area contributed by atoms with Gasteiger partial charge in [0.15, 0.2) is 11.1 Å². The van der Waals surface area contributed by atoms with Crippen molar-refractivity contribution < 1.29 is 8.78 Å². The monoisotopic (exact) mass is 182 g/mol. The summed E-state index contributed by atoms with van der Waals surface area (Å²) in [5.41, 5.74) is 9.77. The fraction of sp³-hybridized carbons (Fsp3) is 0.500. The Morgan fingerprint density at radius 3 is 2.45 bits per heavy atom. The number of nitrogens with zero attached hydrogens (tertiary/aromatic N) is 1. The average Bonchev–Trinajstić information content (AvgIpc) is 1.82. The van der Waals surface area contributed by atoms with Crippen LogP contribution >= 0.6 is 11.8 Å². The van der Waals surface area contributed by atoms with Gasteiger partial charge in [0.05, 0.1) is 5.75 Å². The number of hydrogen-bond donors (Lipinski definition) is 3. The number of aliphatic imine (C=N–C) groups is 1. The molecule has 0 spiro atoms. The molecule has 0 atom stereocenters. The summed E-state index contributed by atoms with van der Waals surface area (Å²) >= 11 is 0.599. The Morgan fingerprint density at radius 2 is 2.09 bits per heavy atom. The SMILES string of the molecule is N=C(N=C(N)N)SCC(F)F. The summed E-state index contributed by atoms with van der Waals surface area (Å²) in [4.78, 5) is 3.23. The first kappa shape index (κ1) is 10.2. The number of amidine groups is 1. The molecule has 0 aromatic rings. The number of thioether (sulfide) groups is 1. The Bertz CT molecular complexity index is 165. The van der Waals surface area contributed by atoms with Crippen molar-refractivity contribution in [2.24, 2.45) is 16.5 Å². The Hall–Kier alpha value is -0.850. The number of nitrogens with two attached hydrogens (primary N) is 2. The van der Waals surface area contributed by atoms with Crippen LogP contribution in [0.4, 0.5) is 8.78 Å². The molecule has 0 saturated heterocycles. The molecule has 5 N–H and O–H groups in total. The molecule has 0 aliphatic rings. The first-order valence-electron chi connectivity index (χ1n) is 2.61. The van der Waals surface area contributed by atoms with E-state index in [1.807, 2.05) is 0 Å². The molecular weight excluding hydrogens is 174 g/mol. The summed E-state index contributed by atoms with van der Waals surface area (Å²) in [6, 6.07) is 0. The largest absolute Gasteiger partial charge is 0.370 e. The van der Waals surface area contributed by atoms with E-state index >= 15 is 0 Å². The highest BCUT2D eigenvalue weighted by atomic mass is 32.2. The van der Waals surface area contributed by atoms with Gasteiger partial charge in [-0.2, -0.15) is 4.99 Å². The lowest BCUT2D eigenvalue weighted by molar-refractivity contribution is 0.177. The number of alkyl halides is 2. The summed E-state index contributed by atoms with van der Waals surface area (Å²) in [6.45, 7) is 0. The zero-order valence-electron chi connectivity index (χ0n) is 5.55. The van der Waals surface area contributed by atoms with E-state index in [2.05, 4.69) is 4.99 Å². The van der Waals surface area contributed by atoms with E-state index in [0.717, 1.165) is 0 Å². The van der Waals surface area contributed by atoms with Gasteiger partial charge in [0.1, 0.15) is 0 Å². The van der Waals surface area contributed by atoms with Crippen molar-refractivity contribution in [1.82, 2.24) is 0 Å². The smallest absolute Gasteiger partial charge is 0.248 e. The molecule has 4 nitrogen and oxygen atoms in total. The number of nitrogens with one attached hydrogen (secondary N) is 1. The van der Waals surface area contributed by atoms with Gasteiger partial charge < -0.3 is 11.5 Å². The second-order valence-corrected chi connectivity index (χ2v) is 2.55. The molecule has 11 heavy (non-hydrogen) atoms. The Kier molecular flexibility index (Phi) is 4.51. The van der Waals surface area contributed by atoms with E-state index in [-0.39, 0.29) is 11.1 Å². The standard InChI is InChI=1S/C4H8F2N4S/c5-2(6)1-11-4(9)10-3(7)8/h2H,1H2,(H5,7,8,9,10). The first-order chi connectivity index (χ1) is 5.02. The molecule has 0 aliphatic carbocycles. The minimum atomic E-state index is -2.45. The van der Waals surface area contributed by atoms with Crippen LogP contribution < -0.4 is 11.5 Å². The summed E-state index contributed by atoms with van der Waals surface area (Å²) in [7, 11) is 0. The van der Waals surface area contributed by atoms with E-state index in [9.17, 15) is 8.78 Å². The minimum Gasteiger partial charge on any atom is -0.370 e. The van der Waals surface area contributed by atoms with Gasteiger partial charge in [-0.25, -0.2) is 8.78 Å². The van der Waals surface area contributed by atoms with Gasteiger partial charge in [-0.3, -0.25) is 5.41 Å².